The van der Waals surface area contributed by atoms with Gasteiger partial charge in [-0.1, -0.05) is 38.1 Å². The Hall–Kier alpha value is -2.60. The van der Waals surface area contributed by atoms with Gasteiger partial charge in [0.25, 0.3) is 5.91 Å². The molecule has 22 heavy (non-hydrogen) atoms. The lowest BCUT2D eigenvalue weighted by Gasteiger charge is -2.08. The van der Waals surface area contributed by atoms with Gasteiger partial charge in [-0.05, 0) is 47.7 Å². The molecule has 0 aliphatic carbocycles. The van der Waals surface area contributed by atoms with Crippen LogP contribution in [0.15, 0.2) is 48.5 Å². The molecule has 1 amide bonds. The van der Waals surface area contributed by atoms with Crippen molar-refractivity contribution in [1.82, 2.24) is 0 Å². The SMILES string of the molecule is CC(C)Cc1ccc(C(=O)Nc2ccc(CC#N)cc2)cc1. The fourth-order valence-corrected chi connectivity index (χ4v) is 2.26. The molecule has 0 bridgehead atoms. The first-order valence-electron chi connectivity index (χ1n) is 7.44. The lowest BCUT2D eigenvalue weighted by molar-refractivity contribution is 0.102. The second-order valence-corrected chi connectivity index (χ2v) is 5.78. The van der Waals surface area contributed by atoms with Crippen molar-refractivity contribution in [1.29, 1.82) is 5.26 Å². The molecule has 0 heterocycles. The molecular weight excluding hydrogens is 272 g/mol. The van der Waals surface area contributed by atoms with Crippen molar-refractivity contribution in [2.24, 2.45) is 5.92 Å². The molecule has 2 aromatic carbocycles. The van der Waals surface area contributed by atoms with E-state index in [9.17, 15) is 4.79 Å². The normalized spacial score (nSPS) is 10.3. The number of benzene rings is 2. The minimum Gasteiger partial charge on any atom is -0.322 e. The summed E-state index contributed by atoms with van der Waals surface area (Å²) in [5, 5.41) is 11.5. The quantitative estimate of drug-likeness (QED) is 0.897. The second-order valence-electron chi connectivity index (χ2n) is 5.78. The number of carbonyl (C=O) groups is 1. The van der Waals surface area contributed by atoms with Gasteiger partial charge >= 0.3 is 0 Å². The fraction of sp³-hybridized carbons (Fsp3) is 0.263. The van der Waals surface area contributed by atoms with Crippen molar-refractivity contribution in [2.75, 3.05) is 5.32 Å². The average Bonchev–Trinajstić information content (AvgIpc) is 2.49. The van der Waals surface area contributed by atoms with E-state index in [2.05, 4.69) is 25.2 Å². The molecule has 112 valence electrons. The van der Waals surface area contributed by atoms with Crippen molar-refractivity contribution >= 4 is 11.6 Å². The average molecular weight is 292 g/mol. The number of hydrogen-bond donors (Lipinski definition) is 1. The van der Waals surface area contributed by atoms with Crippen molar-refractivity contribution in [3.63, 3.8) is 0 Å². The first kappa shape index (κ1) is 15.8. The number of rotatable bonds is 5. The minimum atomic E-state index is -0.121. The third-order valence-electron chi connectivity index (χ3n) is 3.36. The summed E-state index contributed by atoms with van der Waals surface area (Å²) in [6.45, 7) is 4.35. The van der Waals surface area contributed by atoms with Crippen LogP contribution >= 0.6 is 0 Å². The summed E-state index contributed by atoms with van der Waals surface area (Å²) in [6, 6.07) is 17.2. The highest BCUT2D eigenvalue weighted by molar-refractivity contribution is 6.04. The van der Waals surface area contributed by atoms with Crippen LogP contribution in [0.4, 0.5) is 5.69 Å². The van der Waals surface area contributed by atoms with E-state index in [1.54, 1.807) is 0 Å². The molecule has 1 N–H and O–H groups in total. The van der Waals surface area contributed by atoms with Crippen LogP contribution in [0.2, 0.25) is 0 Å². The highest BCUT2D eigenvalue weighted by Crippen LogP contribution is 2.13. The van der Waals surface area contributed by atoms with E-state index in [0.717, 1.165) is 17.7 Å². The smallest absolute Gasteiger partial charge is 0.255 e. The van der Waals surface area contributed by atoms with Crippen molar-refractivity contribution in [3.05, 3.63) is 65.2 Å². The molecule has 3 nitrogen and oxygen atoms in total. The predicted octanol–water partition coefficient (Wildman–Crippen LogP) is 4.20. The third-order valence-corrected chi connectivity index (χ3v) is 3.36. The Morgan fingerprint density at radius 3 is 2.18 bits per heavy atom. The van der Waals surface area contributed by atoms with E-state index in [-0.39, 0.29) is 5.91 Å². The Labute approximate surface area is 131 Å². The van der Waals surface area contributed by atoms with E-state index in [1.165, 1.54) is 5.56 Å². The van der Waals surface area contributed by atoms with E-state index in [4.69, 9.17) is 5.26 Å². The molecular formula is C19H20N2O. The fourth-order valence-electron chi connectivity index (χ4n) is 2.26. The number of hydrogen-bond acceptors (Lipinski definition) is 2. The number of nitrogens with one attached hydrogen (secondary N) is 1. The van der Waals surface area contributed by atoms with Gasteiger partial charge in [0.05, 0.1) is 12.5 Å². The van der Waals surface area contributed by atoms with Crippen LogP contribution in [-0.2, 0) is 12.8 Å². The maximum atomic E-state index is 12.2. The van der Waals surface area contributed by atoms with Crippen molar-refractivity contribution in [3.8, 4) is 6.07 Å². The molecule has 0 aliphatic heterocycles. The molecule has 0 radical (unpaired) electrons. The Morgan fingerprint density at radius 2 is 1.64 bits per heavy atom. The first-order valence-corrected chi connectivity index (χ1v) is 7.44. The van der Waals surface area contributed by atoms with E-state index >= 15 is 0 Å². The maximum Gasteiger partial charge on any atom is 0.255 e. The number of carbonyl (C=O) groups excluding carboxylic acids is 1. The standard InChI is InChI=1S/C19H20N2O/c1-14(2)13-16-3-7-17(8-4-16)19(22)21-18-9-5-15(6-10-18)11-12-20/h3-10,14H,11,13H2,1-2H3,(H,21,22). The van der Waals surface area contributed by atoms with Gasteiger partial charge < -0.3 is 5.32 Å². The van der Waals surface area contributed by atoms with Gasteiger partial charge in [-0.25, -0.2) is 0 Å². The van der Waals surface area contributed by atoms with Gasteiger partial charge in [-0.3, -0.25) is 4.79 Å². The molecule has 0 fully saturated rings. The highest BCUT2D eigenvalue weighted by Gasteiger charge is 2.06. The van der Waals surface area contributed by atoms with Crippen LogP contribution in [0.3, 0.4) is 0 Å². The van der Waals surface area contributed by atoms with Crippen LogP contribution in [-0.4, -0.2) is 5.91 Å². The minimum absolute atomic E-state index is 0.121. The Morgan fingerprint density at radius 1 is 1.05 bits per heavy atom. The van der Waals surface area contributed by atoms with Gasteiger partial charge in [0.15, 0.2) is 0 Å². The lowest BCUT2D eigenvalue weighted by atomic mass is 10.0. The molecule has 0 aromatic heterocycles. The van der Waals surface area contributed by atoms with Gasteiger partial charge in [0, 0.05) is 11.3 Å². The molecule has 0 saturated carbocycles. The van der Waals surface area contributed by atoms with Crippen LogP contribution < -0.4 is 5.32 Å². The zero-order chi connectivity index (χ0) is 15.9. The molecule has 2 aromatic rings. The maximum absolute atomic E-state index is 12.2. The van der Waals surface area contributed by atoms with E-state index in [0.29, 0.717) is 17.9 Å². The summed E-state index contributed by atoms with van der Waals surface area (Å²) in [5.74, 6) is 0.482. The Bertz CT molecular complexity index is 664. The Balaban J connectivity index is 2.01. The molecule has 0 unspecified atom stereocenters. The van der Waals surface area contributed by atoms with Gasteiger partial charge in [-0.15, -0.1) is 0 Å². The van der Waals surface area contributed by atoms with Gasteiger partial charge in [0.2, 0.25) is 0 Å². The lowest BCUT2D eigenvalue weighted by Crippen LogP contribution is -2.11. The van der Waals surface area contributed by atoms with Gasteiger partial charge in [0.1, 0.15) is 0 Å². The summed E-state index contributed by atoms with van der Waals surface area (Å²) < 4.78 is 0. The zero-order valence-corrected chi connectivity index (χ0v) is 13.0. The summed E-state index contributed by atoms with van der Waals surface area (Å²) in [7, 11) is 0. The summed E-state index contributed by atoms with van der Waals surface area (Å²) in [5.41, 5.74) is 3.57. The molecule has 0 aliphatic rings. The highest BCUT2D eigenvalue weighted by atomic mass is 16.1. The molecule has 0 saturated heterocycles. The summed E-state index contributed by atoms with van der Waals surface area (Å²) in [4.78, 5) is 12.2. The number of anilines is 1. The molecule has 0 spiro atoms. The Kier molecular flexibility index (Phi) is 5.32. The topological polar surface area (TPSA) is 52.9 Å². The van der Waals surface area contributed by atoms with Gasteiger partial charge in [-0.2, -0.15) is 5.26 Å². The molecule has 0 atom stereocenters. The first-order chi connectivity index (χ1) is 10.6. The van der Waals surface area contributed by atoms with Crippen molar-refractivity contribution in [2.45, 2.75) is 26.7 Å². The number of nitrogens with zero attached hydrogens (tertiary/aromatic N) is 1. The predicted molar refractivity (Wildman–Crippen MR) is 88.7 cm³/mol. The summed E-state index contributed by atoms with van der Waals surface area (Å²) >= 11 is 0. The van der Waals surface area contributed by atoms with Crippen LogP contribution in [0.25, 0.3) is 0 Å². The van der Waals surface area contributed by atoms with Crippen LogP contribution in [0.5, 0.6) is 0 Å². The number of amides is 1. The second kappa shape index (κ2) is 7.42. The number of nitriles is 1. The summed E-state index contributed by atoms with van der Waals surface area (Å²) in [6.07, 6.45) is 1.40. The van der Waals surface area contributed by atoms with E-state index in [1.807, 2.05) is 48.5 Å². The molecule has 2 rings (SSSR count). The van der Waals surface area contributed by atoms with Crippen molar-refractivity contribution < 1.29 is 4.79 Å². The largest absolute Gasteiger partial charge is 0.322 e. The monoisotopic (exact) mass is 292 g/mol. The van der Waals surface area contributed by atoms with E-state index < -0.39 is 0 Å². The molecule has 3 heteroatoms. The third kappa shape index (κ3) is 4.46. The zero-order valence-electron chi connectivity index (χ0n) is 13.0. The van der Waals surface area contributed by atoms with Crippen LogP contribution in [0.1, 0.15) is 35.3 Å². The van der Waals surface area contributed by atoms with Crippen LogP contribution in [0, 0.1) is 17.2 Å².